The third-order valence-electron chi connectivity index (χ3n) is 3.13. The fourth-order valence-corrected chi connectivity index (χ4v) is 2.99. The van der Waals surface area contributed by atoms with E-state index >= 15 is 0 Å². The van der Waals surface area contributed by atoms with Crippen LogP contribution in [-0.2, 0) is 16.6 Å². The topological polar surface area (TPSA) is 90.0 Å². The quantitative estimate of drug-likeness (QED) is 0.754. The highest BCUT2D eigenvalue weighted by Crippen LogP contribution is 2.14. The summed E-state index contributed by atoms with van der Waals surface area (Å²) in [5, 5.41) is 4.06. The van der Waals surface area contributed by atoms with Gasteiger partial charge in [-0.25, -0.2) is 13.1 Å². The summed E-state index contributed by atoms with van der Waals surface area (Å²) in [6.07, 6.45) is 4.23. The van der Waals surface area contributed by atoms with Gasteiger partial charge in [0.2, 0.25) is 10.0 Å². The molecule has 1 heterocycles. The summed E-state index contributed by atoms with van der Waals surface area (Å²) in [7, 11) is -3.46. The Morgan fingerprint density at radius 3 is 2.62 bits per heavy atom. The van der Waals surface area contributed by atoms with E-state index in [1.165, 1.54) is 0 Å². The molecule has 1 atom stereocenters. The molecule has 1 aromatic carbocycles. The van der Waals surface area contributed by atoms with Crippen molar-refractivity contribution in [2.24, 2.45) is 5.73 Å². The molecule has 0 spiro atoms. The Hall–Kier alpha value is -1.70. The van der Waals surface area contributed by atoms with Crippen molar-refractivity contribution in [3.63, 3.8) is 0 Å². The highest BCUT2D eigenvalue weighted by atomic mass is 32.2. The van der Waals surface area contributed by atoms with E-state index in [4.69, 9.17) is 5.73 Å². The first-order valence-electron chi connectivity index (χ1n) is 6.82. The van der Waals surface area contributed by atoms with Crippen LogP contribution in [-0.4, -0.2) is 24.7 Å². The van der Waals surface area contributed by atoms with Crippen LogP contribution in [0.2, 0.25) is 0 Å². The molecule has 0 bridgehead atoms. The van der Waals surface area contributed by atoms with Crippen LogP contribution in [0.25, 0.3) is 0 Å². The average Bonchev–Trinajstić information content (AvgIpc) is 2.97. The summed E-state index contributed by atoms with van der Waals surface area (Å²) in [5.74, 6) is 0. The van der Waals surface area contributed by atoms with Crippen molar-refractivity contribution in [3.05, 3.63) is 48.3 Å². The molecule has 1 unspecified atom stereocenters. The van der Waals surface area contributed by atoms with Gasteiger partial charge >= 0.3 is 0 Å². The second-order valence-corrected chi connectivity index (χ2v) is 6.65. The van der Waals surface area contributed by atoms with Gasteiger partial charge in [0.15, 0.2) is 0 Å². The molecule has 7 heteroatoms. The van der Waals surface area contributed by atoms with Gasteiger partial charge in [-0.3, -0.25) is 4.68 Å². The largest absolute Gasteiger partial charge is 0.324 e. The number of aryl methyl sites for hydroxylation is 1. The van der Waals surface area contributed by atoms with Gasteiger partial charge in [0.25, 0.3) is 0 Å². The zero-order valence-electron chi connectivity index (χ0n) is 11.9. The maximum atomic E-state index is 12.1. The van der Waals surface area contributed by atoms with Gasteiger partial charge in [-0.05, 0) is 37.1 Å². The molecule has 0 amide bonds. The molecule has 6 nitrogen and oxygen atoms in total. The number of hydrogen-bond acceptors (Lipinski definition) is 4. The fraction of sp³-hybridized carbons (Fsp3) is 0.357. The summed E-state index contributed by atoms with van der Waals surface area (Å²) in [6.45, 7) is 2.91. The molecule has 0 aliphatic heterocycles. The maximum Gasteiger partial charge on any atom is 0.240 e. The summed E-state index contributed by atoms with van der Waals surface area (Å²) in [4.78, 5) is 0.256. The Kier molecular flexibility index (Phi) is 5.11. The first-order valence-corrected chi connectivity index (χ1v) is 8.30. The standard InChI is InChI=1S/C14H20N4O2S/c1-12(15)13-4-6-14(7-5-13)21(19,20)17-9-3-11-18-10-2-8-16-18/h2,4-8,10,12,17H,3,9,11,15H2,1H3. The van der Waals surface area contributed by atoms with E-state index < -0.39 is 10.0 Å². The average molecular weight is 308 g/mol. The molecule has 0 saturated heterocycles. The van der Waals surface area contributed by atoms with E-state index in [1.54, 1.807) is 35.1 Å². The van der Waals surface area contributed by atoms with Crippen molar-refractivity contribution in [2.45, 2.75) is 30.8 Å². The Morgan fingerprint density at radius 1 is 1.33 bits per heavy atom. The molecule has 1 aromatic heterocycles. The Morgan fingerprint density at radius 2 is 2.05 bits per heavy atom. The maximum absolute atomic E-state index is 12.1. The second kappa shape index (κ2) is 6.84. The fourth-order valence-electron chi connectivity index (χ4n) is 1.91. The van der Waals surface area contributed by atoms with Crippen molar-refractivity contribution >= 4 is 10.0 Å². The van der Waals surface area contributed by atoms with Crippen LogP contribution in [0.1, 0.15) is 24.9 Å². The molecule has 0 fully saturated rings. The number of hydrogen-bond donors (Lipinski definition) is 2. The van der Waals surface area contributed by atoms with Crippen LogP contribution in [0.3, 0.4) is 0 Å². The van der Waals surface area contributed by atoms with Gasteiger partial charge in [-0.15, -0.1) is 0 Å². The van der Waals surface area contributed by atoms with E-state index in [2.05, 4.69) is 9.82 Å². The molecule has 114 valence electrons. The normalized spacial score (nSPS) is 13.2. The van der Waals surface area contributed by atoms with Crippen LogP contribution < -0.4 is 10.5 Å². The lowest BCUT2D eigenvalue weighted by atomic mass is 10.1. The second-order valence-electron chi connectivity index (χ2n) is 4.88. The number of nitrogens with two attached hydrogens (primary N) is 1. The number of rotatable bonds is 7. The summed E-state index contributed by atoms with van der Waals surface area (Å²) < 4.78 is 28.6. The smallest absolute Gasteiger partial charge is 0.240 e. The van der Waals surface area contributed by atoms with Crippen molar-refractivity contribution in [2.75, 3.05) is 6.54 Å². The molecular weight excluding hydrogens is 288 g/mol. The minimum absolute atomic E-state index is 0.108. The predicted octanol–water partition coefficient (Wildman–Crippen LogP) is 1.27. The van der Waals surface area contributed by atoms with Crippen LogP contribution in [0, 0.1) is 0 Å². The molecule has 0 aliphatic carbocycles. The van der Waals surface area contributed by atoms with Gasteiger partial charge in [0.1, 0.15) is 0 Å². The summed E-state index contributed by atoms with van der Waals surface area (Å²) in [6, 6.07) is 8.36. The van der Waals surface area contributed by atoms with Gasteiger partial charge in [-0.1, -0.05) is 12.1 Å². The van der Waals surface area contributed by atoms with E-state index in [-0.39, 0.29) is 10.9 Å². The molecule has 0 aliphatic rings. The van der Waals surface area contributed by atoms with Crippen molar-refractivity contribution in [1.29, 1.82) is 0 Å². The van der Waals surface area contributed by atoms with Crippen LogP contribution in [0.5, 0.6) is 0 Å². The van der Waals surface area contributed by atoms with E-state index in [0.29, 0.717) is 19.5 Å². The number of aromatic nitrogens is 2. The zero-order chi connectivity index (χ0) is 15.3. The van der Waals surface area contributed by atoms with Crippen molar-refractivity contribution in [3.8, 4) is 0 Å². The van der Waals surface area contributed by atoms with Crippen LogP contribution >= 0.6 is 0 Å². The van der Waals surface area contributed by atoms with Crippen LogP contribution in [0.15, 0.2) is 47.6 Å². The molecule has 21 heavy (non-hydrogen) atoms. The number of benzene rings is 1. The van der Waals surface area contributed by atoms with Crippen molar-refractivity contribution in [1.82, 2.24) is 14.5 Å². The highest BCUT2D eigenvalue weighted by Gasteiger charge is 2.13. The molecule has 0 saturated carbocycles. The van der Waals surface area contributed by atoms with E-state index in [1.807, 2.05) is 19.2 Å². The first kappa shape index (κ1) is 15.7. The Balaban J connectivity index is 1.89. The molecular formula is C14H20N4O2S. The number of sulfonamides is 1. The predicted molar refractivity (Wildman–Crippen MR) is 81.1 cm³/mol. The molecule has 2 rings (SSSR count). The minimum atomic E-state index is -3.46. The third kappa shape index (κ3) is 4.38. The molecule has 2 aromatic rings. The van der Waals surface area contributed by atoms with E-state index in [0.717, 1.165) is 5.56 Å². The zero-order valence-corrected chi connectivity index (χ0v) is 12.8. The molecule has 3 N–H and O–H groups in total. The lowest BCUT2D eigenvalue weighted by Gasteiger charge is -2.09. The Labute approximate surface area is 125 Å². The number of nitrogens with one attached hydrogen (secondary N) is 1. The lowest BCUT2D eigenvalue weighted by molar-refractivity contribution is 0.553. The van der Waals surface area contributed by atoms with Crippen molar-refractivity contribution < 1.29 is 8.42 Å². The minimum Gasteiger partial charge on any atom is -0.324 e. The van der Waals surface area contributed by atoms with Gasteiger partial charge < -0.3 is 5.73 Å². The van der Waals surface area contributed by atoms with E-state index in [9.17, 15) is 8.42 Å². The monoisotopic (exact) mass is 308 g/mol. The Bertz CT molecular complexity index is 649. The van der Waals surface area contributed by atoms with Gasteiger partial charge in [0, 0.05) is 31.5 Å². The SMILES string of the molecule is CC(N)c1ccc(S(=O)(=O)NCCCn2cccn2)cc1. The van der Waals surface area contributed by atoms with Gasteiger partial charge in [0.05, 0.1) is 4.90 Å². The first-order chi connectivity index (χ1) is 9.99. The lowest BCUT2D eigenvalue weighted by Crippen LogP contribution is -2.25. The third-order valence-corrected chi connectivity index (χ3v) is 4.61. The van der Waals surface area contributed by atoms with Gasteiger partial charge in [-0.2, -0.15) is 5.10 Å². The number of nitrogens with zero attached hydrogens (tertiary/aromatic N) is 2. The molecule has 0 radical (unpaired) electrons. The summed E-state index contributed by atoms with van der Waals surface area (Å²) in [5.41, 5.74) is 6.65. The summed E-state index contributed by atoms with van der Waals surface area (Å²) >= 11 is 0. The van der Waals surface area contributed by atoms with Crippen LogP contribution in [0.4, 0.5) is 0 Å². The highest BCUT2D eigenvalue weighted by molar-refractivity contribution is 7.89.